The number of aromatic nitrogens is 1. The number of amides is 2. The molecule has 0 saturated carbocycles. The van der Waals surface area contributed by atoms with Gasteiger partial charge in [0, 0.05) is 29.2 Å². The zero-order valence-corrected chi connectivity index (χ0v) is 15.4. The van der Waals surface area contributed by atoms with Crippen LogP contribution in [0.1, 0.15) is 18.2 Å². The van der Waals surface area contributed by atoms with E-state index < -0.39 is 0 Å². The van der Waals surface area contributed by atoms with Crippen LogP contribution in [0.2, 0.25) is 0 Å². The van der Waals surface area contributed by atoms with E-state index in [1.807, 2.05) is 36.6 Å². The van der Waals surface area contributed by atoms with Gasteiger partial charge in [-0.3, -0.25) is 9.59 Å². The van der Waals surface area contributed by atoms with Gasteiger partial charge in [0.25, 0.3) is 0 Å². The molecule has 0 bridgehead atoms. The molecule has 3 rings (SSSR count). The van der Waals surface area contributed by atoms with Gasteiger partial charge in [0.1, 0.15) is 5.01 Å². The third-order valence-corrected chi connectivity index (χ3v) is 4.60. The fourth-order valence-corrected chi connectivity index (χ4v) is 3.29. The van der Waals surface area contributed by atoms with Crippen molar-refractivity contribution in [3.63, 3.8) is 0 Å². The van der Waals surface area contributed by atoms with Crippen LogP contribution in [0.25, 0.3) is 10.6 Å². The Morgan fingerprint density at radius 3 is 2.42 bits per heavy atom. The van der Waals surface area contributed by atoms with E-state index >= 15 is 0 Å². The predicted octanol–water partition coefficient (Wildman–Crippen LogP) is 4.26. The summed E-state index contributed by atoms with van der Waals surface area (Å²) < 4.78 is 0. The summed E-state index contributed by atoms with van der Waals surface area (Å²) in [6.07, 6.45) is 0.201. The van der Waals surface area contributed by atoms with Gasteiger partial charge in [-0.25, -0.2) is 4.98 Å². The first-order valence-corrected chi connectivity index (χ1v) is 9.06. The molecule has 1 heterocycles. The zero-order chi connectivity index (χ0) is 18.5. The van der Waals surface area contributed by atoms with Crippen molar-refractivity contribution in [1.82, 2.24) is 4.98 Å². The van der Waals surface area contributed by atoms with Gasteiger partial charge in [0.15, 0.2) is 0 Å². The van der Waals surface area contributed by atoms with E-state index in [1.165, 1.54) is 23.8 Å². The lowest BCUT2D eigenvalue weighted by Crippen LogP contribution is -2.15. The summed E-state index contributed by atoms with van der Waals surface area (Å²) in [5.74, 6) is -0.301. The summed E-state index contributed by atoms with van der Waals surface area (Å²) >= 11 is 1.53. The monoisotopic (exact) mass is 365 g/mol. The Kier molecular flexibility index (Phi) is 5.43. The van der Waals surface area contributed by atoms with Crippen LogP contribution in [-0.2, 0) is 16.0 Å². The highest BCUT2D eigenvalue weighted by atomic mass is 32.1. The van der Waals surface area contributed by atoms with Gasteiger partial charge >= 0.3 is 0 Å². The molecule has 2 amide bonds. The van der Waals surface area contributed by atoms with Crippen LogP contribution in [0.3, 0.4) is 0 Å². The largest absolute Gasteiger partial charge is 0.326 e. The number of aryl methyl sites for hydroxylation is 1. The molecule has 5 nitrogen and oxygen atoms in total. The topological polar surface area (TPSA) is 71.1 Å². The van der Waals surface area contributed by atoms with Gasteiger partial charge in [-0.05, 0) is 25.1 Å². The molecule has 26 heavy (non-hydrogen) atoms. The van der Waals surface area contributed by atoms with Crippen molar-refractivity contribution in [2.75, 3.05) is 10.6 Å². The third-order valence-electron chi connectivity index (χ3n) is 3.66. The van der Waals surface area contributed by atoms with Crippen LogP contribution in [0.5, 0.6) is 0 Å². The molecule has 2 aromatic carbocycles. The summed E-state index contributed by atoms with van der Waals surface area (Å²) in [5.41, 5.74) is 4.27. The number of rotatable bonds is 5. The summed E-state index contributed by atoms with van der Waals surface area (Å²) in [6.45, 7) is 3.49. The lowest BCUT2D eigenvalue weighted by molar-refractivity contribution is -0.116. The lowest BCUT2D eigenvalue weighted by Gasteiger charge is -2.07. The maximum absolute atomic E-state index is 12.3. The van der Waals surface area contributed by atoms with E-state index in [0.717, 1.165) is 16.3 Å². The maximum atomic E-state index is 12.3. The first-order chi connectivity index (χ1) is 12.5. The Morgan fingerprint density at radius 1 is 1.04 bits per heavy atom. The minimum absolute atomic E-state index is 0.147. The van der Waals surface area contributed by atoms with E-state index in [-0.39, 0.29) is 18.2 Å². The standard InChI is InChI=1S/C20H19N3O2S/c1-13-6-8-15(9-7-13)20-23-18(12-26-20)11-19(25)22-17-5-3-4-16(10-17)21-14(2)24/h3-10,12H,11H2,1-2H3,(H,21,24)(H,22,25). The molecule has 0 aliphatic rings. The highest BCUT2D eigenvalue weighted by Crippen LogP contribution is 2.24. The maximum Gasteiger partial charge on any atom is 0.230 e. The van der Waals surface area contributed by atoms with Gasteiger partial charge in [-0.2, -0.15) is 0 Å². The van der Waals surface area contributed by atoms with Crippen LogP contribution in [0.15, 0.2) is 53.9 Å². The molecular formula is C20H19N3O2S. The second-order valence-corrected chi connectivity index (χ2v) is 6.86. The van der Waals surface area contributed by atoms with E-state index in [9.17, 15) is 9.59 Å². The quantitative estimate of drug-likeness (QED) is 0.710. The molecular weight excluding hydrogens is 346 g/mol. The van der Waals surface area contributed by atoms with Crippen LogP contribution >= 0.6 is 11.3 Å². The van der Waals surface area contributed by atoms with Crippen LogP contribution < -0.4 is 10.6 Å². The average Bonchev–Trinajstić information content (AvgIpc) is 3.03. The number of nitrogens with one attached hydrogen (secondary N) is 2. The van der Waals surface area contributed by atoms with Crippen LogP contribution in [0, 0.1) is 6.92 Å². The second-order valence-electron chi connectivity index (χ2n) is 6.00. The number of benzene rings is 2. The number of carbonyl (C=O) groups is 2. The molecule has 0 atom stereocenters. The summed E-state index contributed by atoms with van der Waals surface area (Å²) in [4.78, 5) is 27.9. The molecule has 0 fully saturated rings. The third kappa shape index (κ3) is 4.77. The number of carbonyl (C=O) groups excluding carboxylic acids is 2. The van der Waals surface area contributed by atoms with Crippen molar-refractivity contribution in [2.45, 2.75) is 20.3 Å². The molecule has 132 valence electrons. The number of thiazole rings is 1. The van der Waals surface area contributed by atoms with Crippen molar-refractivity contribution in [1.29, 1.82) is 0 Å². The highest BCUT2D eigenvalue weighted by Gasteiger charge is 2.10. The molecule has 3 aromatic rings. The van der Waals surface area contributed by atoms with Crippen molar-refractivity contribution in [2.24, 2.45) is 0 Å². The zero-order valence-electron chi connectivity index (χ0n) is 14.6. The van der Waals surface area contributed by atoms with Crippen molar-refractivity contribution < 1.29 is 9.59 Å². The Bertz CT molecular complexity index is 932. The van der Waals surface area contributed by atoms with Crippen molar-refractivity contribution >= 4 is 34.5 Å². The van der Waals surface area contributed by atoms with E-state index in [0.29, 0.717) is 11.4 Å². The Hall–Kier alpha value is -2.99. The fourth-order valence-electron chi connectivity index (χ4n) is 2.46. The van der Waals surface area contributed by atoms with E-state index in [2.05, 4.69) is 15.6 Å². The molecule has 2 N–H and O–H groups in total. The van der Waals surface area contributed by atoms with Gasteiger partial charge in [0.2, 0.25) is 11.8 Å². The van der Waals surface area contributed by atoms with Gasteiger partial charge in [0.05, 0.1) is 12.1 Å². The molecule has 0 radical (unpaired) electrons. The normalized spacial score (nSPS) is 10.4. The lowest BCUT2D eigenvalue weighted by atomic mass is 10.2. The highest BCUT2D eigenvalue weighted by molar-refractivity contribution is 7.13. The molecule has 0 saturated heterocycles. The first kappa shape index (κ1) is 17.8. The summed E-state index contributed by atoms with van der Waals surface area (Å²) in [5, 5.41) is 8.34. The Labute approximate surface area is 156 Å². The molecule has 6 heteroatoms. The summed E-state index contributed by atoms with van der Waals surface area (Å²) in [7, 11) is 0. The Balaban J connectivity index is 1.64. The van der Waals surface area contributed by atoms with Gasteiger partial charge < -0.3 is 10.6 Å². The fraction of sp³-hybridized carbons (Fsp3) is 0.150. The number of anilines is 2. The van der Waals surface area contributed by atoms with Crippen LogP contribution in [0.4, 0.5) is 11.4 Å². The predicted molar refractivity (Wildman–Crippen MR) is 105 cm³/mol. The first-order valence-electron chi connectivity index (χ1n) is 8.18. The molecule has 0 aliphatic carbocycles. The van der Waals surface area contributed by atoms with Gasteiger partial charge in [-0.1, -0.05) is 35.9 Å². The van der Waals surface area contributed by atoms with Crippen LogP contribution in [-0.4, -0.2) is 16.8 Å². The van der Waals surface area contributed by atoms with Gasteiger partial charge in [-0.15, -0.1) is 11.3 Å². The van der Waals surface area contributed by atoms with Crippen molar-refractivity contribution in [3.8, 4) is 10.6 Å². The SMILES string of the molecule is CC(=O)Nc1cccc(NC(=O)Cc2csc(-c3ccc(C)cc3)n2)c1. The summed E-state index contributed by atoms with van der Waals surface area (Å²) in [6, 6.07) is 15.2. The second kappa shape index (κ2) is 7.93. The van der Waals surface area contributed by atoms with Crippen molar-refractivity contribution in [3.05, 3.63) is 65.2 Å². The molecule has 1 aromatic heterocycles. The molecule has 0 spiro atoms. The minimum Gasteiger partial charge on any atom is -0.326 e. The number of hydrogen-bond donors (Lipinski definition) is 2. The smallest absolute Gasteiger partial charge is 0.230 e. The Morgan fingerprint density at radius 2 is 1.73 bits per heavy atom. The molecule has 0 unspecified atom stereocenters. The molecule has 0 aliphatic heterocycles. The van der Waals surface area contributed by atoms with E-state index in [1.54, 1.807) is 24.3 Å². The number of hydrogen-bond acceptors (Lipinski definition) is 4. The van der Waals surface area contributed by atoms with E-state index in [4.69, 9.17) is 0 Å². The number of nitrogens with zero attached hydrogens (tertiary/aromatic N) is 1. The minimum atomic E-state index is -0.153. The average molecular weight is 365 g/mol.